The van der Waals surface area contributed by atoms with Crippen LogP contribution in [0.1, 0.15) is 319 Å². The van der Waals surface area contributed by atoms with Gasteiger partial charge in [0.15, 0.2) is 11.5 Å². The van der Waals surface area contributed by atoms with E-state index in [2.05, 4.69) is 0 Å². The molecule has 0 aromatic rings. The lowest BCUT2D eigenvalue weighted by molar-refractivity contribution is -0.179. The quantitative estimate of drug-likeness (QED) is 0.141. The molecule has 3 unspecified atom stereocenters. The summed E-state index contributed by atoms with van der Waals surface area (Å²) in [6.07, 6.45) is 5.89. The standard InChI is InChI=1S/C32H44O8.32CH4/c1-17(33)40-27(2,3)13-12-23(36)32(9,39)25-21(35)15-29(6)22-11-10-18-19(14-20(34)26(38)28(18,4)5)31(22,8)24(37)16-30(25,29)7;;;;;;;;;;;;;;;;;;;;;;;;;;;;;;;;/h10,12-14,19,21-22,25,34-35,39H,11,15-16H2,1-9H3;32*1H4/b13-12+;;;;;;;;;;;;;;;;;;;;;;;;;;;;;;;;/t19?,21-,22?,25?,29+,30-,31+,32+;;;;;;;;;;;;;;;;;;;;;;;;;;;;;;;;/m1................................/s1. The highest BCUT2D eigenvalue weighted by atomic mass is 16.6. The highest BCUT2D eigenvalue weighted by Gasteiger charge is 2.74. The van der Waals surface area contributed by atoms with Crippen LogP contribution in [0, 0.1) is 39.4 Å². The SMILES string of the molecule is C.C.C.C.C.C.C.C.C.C.C.C.C.C.C.C.C.C.C.C.C.C.C.C.C.C.C.C.C.C.C.C.CC(=O)OC(C)(C)/C=C/C(=O)[C@](C)(O)C1[C@H](O)C[C@@]2(C)C3CC=C4C(C=C(O)C(=O)C4(C)C)[C@]3(C)C(=O)C[C@]12C. The first-order chi connectivity index (χ1) is 18.1. The molecule has 0 saturated heterocycles. The van der Waals surface area contributed by atoms with E-state index >= 15 is 0 Å². The fraction of sp³-hybridized carbons (Fsp3) is 0.844. The van der Waals surface area contributed by atoms with Gasteiger partial charge in [-0.05, 0) is 82.4 Å². The maximum atomic E-state index is 14.3. The molecular weight excluding hydrogens is 897 g/mol. The van der Waals surface area contributed by atoms with Crippen molar-refractivity contribution in [3.05, 3.63) is 35.6 Å². The van der Waals surface area contributed by atoms with Crippen molar-refractivity contribution < 1.29 is 39.2 Å². The Labute approximate surface area is 472 Å². The number of ether oxygens (including phenoxy) is 1. The average molecular weight is 1070 g/mol. The predicted octanol–water partition coefficient (Wildman–Crippen LogP) is 24.5. The van der Waals surface area contributed by atoms with Gasteiger partial charge in [0.2, 0.25) is 5.78 Å². The summed E-state index contributed by atoms with van der Waals surface area (Å²) in [5.41, 5.74) is -5.72. The molecule has 4 aliphatic carbocycles. The molecule has 0 aromatic heterocycles. The number of aliphatic hydroxyl groups excluding tert-OH is 2. The van der Waals surface area contributed by atoms with Crippen molar-refractivity contribution in [1.82, 2.24) is 0 Å². The summed E-state index contributed by atoms with van der Waals surface area (Å²) >= 11 is 0. The largest absolute Gasteiger partial charge is 0.505 e. The second-order valence-corrected chi connectivity index (χ2v) is 14.4. The van der Waals surface area contributed by atoms with E-state index in [0.29, 0.717) is 6.42 Å². The van der Waals surface area contributed by atoms with Crippen LogP contribution in [0.4, 0.5) is 0 Å². The summed E-state index contributed by atoms with van der Waals surface area (Å²) in [6, 6.07) is 0. The Morgan fingerprint density at radius 1 is 0.611 bits per heavy atom. The van der Waals surface area contributed by atoms with Gasteiger partial charge in [0.1, 0.15) is 17.0 Å². The van der Waals surface area contributed by atoms with E-state index < -0.39 is 62.6 Å². The van der Waals surface area contributed by atoms with E-state index in [9.17, 15) is 34.5 Å². The van der Waals surface area contributed by atoms with E-state index in [4.69, 9.17) is 4.74 Å². The molecule has 3 N–H and O–H groups in total. The molecule has 0 amide bonds. The minimum Gasteiger partial charge on any atom is -0.505 e. The maximum Gasteiger partial charge on any atom is 0.303 e. The van der Waals surface area contributed by atoms with E-state index in [-0.39, 0.29) is 274 Å². The monoisotopic (exact) mass is 1070 g/mol. The van der Waals surface area contributed by atoms with Crippen LogP contribution in [-0.2, 0) is 23.9 Å². The van der Waals surface area contributed by atoms with Gasteiger partial charge in [-0.3, -0.25) is 19.2 Å². The molecule has 2 fully saturated rings. The molecule has 0 spiro atoms. The van der Waals surface area contributed by atoms with Crippen LogP contribution in [0.25, 0.3) is 0 Å². The van der Waals surface area contributed by atoms with Crippen LogP contribution in [0.3, 0.4) is 0 Å². The van der Waals surface area contributed by atoms with Gasteiger partial charge >= 0.3 is 5.97 Å². The fourth-order valence-electron chi connectivity index (χ4n) is 8.98. The van der Waals surface area contributed by atoms with E-state index in [1.54, 1.807) is 27.7 Å². The lowest BCUT2D eigenvalue weighted by atomic mass is 9.39. The second kappa shape index (κ2) is 61.0. The number of rotatable bonds is 5. The van der Waals surface area contributed by atoms with Crippen molar-refractivity contribution in [3.8, 4) is 0 Å². The highest BCUT2D eigenvalue weighted by Crippen LogP contribution is 2.73. The van der Waals surface area contributed by atoms with Crippen molar-refractivity contribution in [2.45, 2.75) is 337 Å². The summed E-state index contributed by atoms with van der Waals surface area (Å²) in [5.74, 6) is -3.61. The smallest absolute Gasteiger partial charge is 0.303 e. The Morgan fingerprint density at radius 3 is 1.26 bits per heavy atom. The molecule has 2 saturated carbocycles. The third-order valence-electron chi connectivity index (χ3n) is 11.2. The van der Waals surface area contributed by atoms with Gasteiger partial charge in [0, 0.05) is 30.6 Å². The molecule has 4 rings (SSSR count). The van der Waals surface area contributed by atoms with Crippen molar-refractivity contribution in [2.75, 3.05) is 0 Å². The van der Waals surface area contributed by atoms with Gasteiger partial charge in [-0.25, -0.2) is 0 Å². The number of carbonyl (C=O) groups is 4. The molecule has 476 valence electrons. The lowest BCUT2D eigenvalue weighted by Crippen LogP contribution is -2.64. The van der Waals surface area contributed by atoms with Gasteiger partial charge < -0.3 is 20.1 Å². The summed E-state index contributed by atoms with van der Waals surface area (Å²) in [5, 5.41) is 33.8. The van der Waals surface area contributed by atoms with Gasteiger partial charge in [0.05, 0.1) is 11.5 Å². The third kappa shape index (κ3) is 28.4. The van der Waals surface area contributed by atoms with Crippen LogP contribution >= 0.6 is 0 Å². The van der Waals surface area contributed by atoms with Crippen molar-refractivity contribution >= 4 is 23.3 Å². The normalized spacial score (nSPS) is 22.4. The summed E-state index contributed by atoms with van der Waals surface area (Å²) in [6.45, 7) is 15.3. The molecule has 0 aliphatic heterocycles. The first-order valence-electron chi connectivity index (χ1n) is 14.1. The zero-order chi connectivity index (χ0) is 30.4. The number of aliphatic hydroxyl groups is 3. The molecule has 4 aliphatic rings. The fourth-order valence-corrected chi connectivity index (χ4v) is 8.98. The number of fused-ring (bicyclic) bond motifs is 5. The Morgan fingerprint density at radius 2 is 0.944 bits per heavy atom. The Hall–Kier alpha value is -2.58. The van der Waals surface area contributed by atoms with Gasteiger partial charge in [-0.15, -0.1) is 0 Å². The van der Waals surface area contributed by atoms with Gasteiger partial charge in [-0.2, -0.15) is 0 Å². The molecule has 0 aromatic carbocycles. The maximum absolute atomic E-state index is 14.3. The lowest BCUT2D eigenvalue weighted by Gasteiger charge is -2.63. The number of ketones is 3. The number of hydrogen-bond donors (Lipinski definition) is 3. The van der Waals surface area contributed by atoms with E-state index in [1.807, 2.05) is 26.8 Å². The van der Waals surface area contributed by atoms with E-state index in [0.717, 1.165) is 5.57 Å². The molecule has 8 heteroatoms. The van der Waals surface area contributed by atoms with Crippen molar-refractivity contribution in [1.29, 1.82) is 0 Å². The Kier molecular flexibility index (Phi) is 168. The first kappa shape index (κ1) is 199. The predicted molar refractivity (Wildman–Crippen MR) is 363 cm³/mol. The molecule has 0 heterocycles. The highest BCUT2D eigenvalue weighted by molar-refractivity contribution is 6.02. The minimum atomic E-state index is -2.00. The zero-order valence-electron chi connectivity index (χ0n) is 25.1. The number of carbonyl (C=O) groups excluding carboxylic acids is 4. The van der Waals surface area contributed by atoms with Crippen LogP contribution in [0.15, 0.2) is 35.6 Å². The molecule has 8 atom stereocenters. The second-order valence-electron chi connectivity index (χ2n) is 14.4. The average Bonchev–Trinajstić information content (AvgIpc) is 3.01. The molecule has 0 radical (unpaired) electrons. The van der Waals surface area contributed by atoms with E-state index in [1.165, 1.54) is 32.1 Å². The van der Waals surface area contributed by atoms with Gasteiger partial charge in [0.25, 0.3) is 0 Å². The third-order valence-corrected chi connectivity index (χ3v) is 11.2. The number of esters is 1. The van der Waals surface area contributed by atoms with Crippen LogP contribution in [0.5, 0.6) is 0 Å². The molecule has 8 nitrogen and oxygen atoms in total. The summed E-state index contributed by atoms with van der Waals surface area (Å²) in [7, 11) is 0. The Balaban J connectivity index is -0.0000000214. The zero-order valence-corrected chi connectivity index (χ0v) is 25.1. The van der Waals surface area contributed by atoms with Crippen molar-refractivity contribution in [2.24, 2.45) is 39.4 Å². The first-order valence-corrected chi connectivity index (χ1v) is 14.1. The van der Waals surface area contributed by atoms with Crippen LogP contribution in [-0.4, -0.2) is 55.9 Å². The molecule has 72 heavy (non-hydrogen) atoms. The topological polar surface area (TPSA) is 138 Å². The number of Topliss-reactive ketones (excluding diaryl/α,β-unsaturated/α-hetero) is 2. The summed E-state index contributed by atoms with van der Waals surface area (Å²) < 4.78 is 5.22. The minimum absolute atomic E-state index is 0. The molecule has 0 bridgehead atoms. The summed E-state index contributed by atoms with van der Waals surface area (Å²) in [4.78, 5) is 52.0. The Bertz CT molecular complexity index is 1270. The number of hydrogen-bond acceptors (Lipinski definition) is 8. The van der Waals surface area contributed by atoms with Crippen LogP contribution in [0.2, 0.25) is 0 Å². The number of allylic oxidation sites excluding steroid dienone is 4. The van der Waals surface area contributed by atoms with Crippen molar-refractivity contribution in [3.63, 3.8) is 0 Å². The molecular formula is C64H172O8. The van der Waals surface area contributed by atoms with Gasteiger partial charge in [-0.1, -0.05) is 270 Å². The van der Waals surface area contributed by atoms with Crippen LogP contribution < -0.4 is 0 Å².